The number of rotatable bonds is 8. The van der Waals surface area contributed by atoms with Gasteiger partial charge in [-0.25, -0.2) is 8.42 Å². The molecule has 0 bridgehead atoms. The summed E-state index contributed by atoms with van der Waals surface area (Å²) in [6.07, 6.45) is 0. The van der Waals surface area contributed by atoms with Crippen LogP contribution in [0.4, 0.5) is 0 Å². The molecule has 0 aliphatic rings. The molecule has 0 atom stereocenters. The Bertz CT molecular complexity index is 1680. The maximum atomic E-state index is 13.6. The minimum absolute atomic E-state index is 0.0205. The monoisotopic (exact) mass is 616 g/mol. The van der Waals surface area contributed by atoms with Gasteiger partial charge in [0.1, 0.15) is 26.8 Å². The topological polar surface area (TPSA) is 77.4 Å². The third-order valence-corrected chi connectivity index (χ3v) is 11.2. The Morgan fingerprint density at radius 2 is 1.05 bits per heavy atom. The Morgan fingerprint density at radius 3 is 1.40 bits per heavy atom. The van der Waals surface area contributed by atoms with Gasteiger partial charge < -0.3 is 9.66 Å². The highest BCUT2D eigenvalue weighted by Gasteiger charge is 2.41. The average Bonchev–Trinajstić information content (AvgIpc) is 2.91. The van der Waals surface area contributed by atoms with Crippen molar-refractivity contribution >= 4 is 21.0 Å². The van der Waals surface area contributed by atoms with Crippen molar-refractivity contribution in [1.82, 2.24) is 0 Å². The van der Waals surface area contributed by atoms with Crippen LogP contribution in [0.15, 0.2) is 80.2 Å². The van der Waals surface area contributed by atoms with Gasteiger partial charge in [0.25, 0.3) is 0 Å². The first-order valence-electron chi connectivity index (χ1n) is 14.9. The minimum atomic E-state index is -4.93. The first-order valence-corrected chi connectivity index (χ1v) is 17.6. The molecule has 0 fully saturated rings. The second kappa shape index (κ2) is 12.5. The summed E-state index contributed by atoms with van der Waals surface area (Å²) in [7, 11) is -5.69. The molecule has 1 N–H and O–H groups in total. The quantitative estimate of drug-likeness (QED) is 0.158. The van der Waals surface area contributed by atoms with E-state index < -0.39 is 21.0 Å². The van der Waals surface area contributed by atoms with Gasteiger partial charge in [0.15, 0.2) is 14.7 Å². The van der Waals surface area contributed by atoms with E-state index in [4.69, 9.17) is 0 Å². The molecule has 0 aromatic heterocycles. The van der Waals surface area contributed by atoms with Crippen molar-refractivity contribution in [2.75, 3.05) is 0 Å². The molecule has 0 unspecified atom stereocenters. The van der Waals surface area contributed by atoms with Crippen LogP contribution in [0.1, 0.15) is 98.2 Å². The standard InChI is InChI=1S/C37H44O4S2/c1-21(2)31-32(22(3)4)36(42(29-15-11-24(7)12-16-29)30-17-13-25(8)14-18-30)34(28-19-26(9)35(38)27(10)20-28)37(43(39,40)41)33(31)23(5)6/h11-23H,1-10H3,(H-,38,39,40,41). The van der Waals surface area contributed by atoms with Crippen molar-refractivity contribution in [3.05, 3.63) is 99.6 Å². The van der Waals surface area contributed by atoms with Crippen LogP contribution in [-0.2, 0) is 21.0 Å². The SMILES string of the molecule is Cc1ccc([S+](c2ccc(C)cc2)c2c(-c3cc(C)c(O)c(C)c3)c(S(=O)(=O)[O-])c(C(C)C)c(C(C)C)c2C(C)C)cc1. The molecule has 0 radical (unpaired) electrons. The van der Waals surface area contributed by atoms with Crippen LogP contribution in [0.25, 0.3) is 11.1 Å². The van der Waals surface area contributed by atoms with E-state index in [9.17, 15) is 18.1 Å². The van der Waals surface area contributed by atoms with Gasteiger partial charge in [0.2, 0.25) is 0 Å². The van der Waals surface area contributed by atoms with E-state index in [0.717, 1.165) is 36.9 Å². The summed E-state index contributed by atoms with van der Waals surface area (Å²) in [4.78, 5) is 2.83. The summed E-state index contributed by atoms with van der Waals surface area (Å²) in [5.74, 6) is -0.0220. The van der Waals surface area contributed by atoms with Crippen molar-refractivity contribution in [3.8, 4) is 16.9 Å². The van der Waals surface area contributed by atoms with Gasteiger partial charge in [0.05, 0.1) is 10.5 Å². The largest absolute Gasteiger partial charge is 0.744 e. The Kier molecular flexibility index (Phi) is 9.55. The number of hydrogen-bond donors (Lipinski definition) is 1. The number of benzene rings is 4. The lowest BCUT2D eigenvalue weighted by Gasteiger charge is -2.31. The normalized spacial score (nSPS) is 12.3. The molecule has 0 heterocycles. The molecule has 0 amide bonds. The Hall–Kier alpha value is -3.06. The van der Waals surface area contributed by atoms with E-state index in [1.165, 1.54) is 0 Å². The molecule has 6 heteroatoms. The summed E-state index contributed by atoms with van der Waals surface area (Å²) in [5, 5.41) is 10.7. The fourth-order valence-electron chi connectivity index (χ4n) is 6.09. The smallest absolute Gasteiger partial charge is 0.179 e. The Labute approximate surface area is 261 Å². The molecular formula is C37H44O4S2. The highest BCUT2D eigenvalue weighted by molar-refractivity contribution is 7.97. The van der Waals surface area contributed by atoms with Crippen LogP contribution >= 0.6 is 0 Å². The number of aryl methyl sites for hydroxylation is 4. The number of phenolic OH excluding ortho intramolecular Hbond substituents is 1. The summed E-state index contributed by atoms with van der Waals surface area (Å²) >= 11 is 0. The van der Waals surface area contributed by atoms with Crippen LogP contribution in [-0.4, -0.2) is 18.1 Å². The maximum Gasteiger partial charge on any atom is 0.179 e. The van der Waals surface area contributed by atoms with Crippen molar-refractivity contribution in [1.29, 1.82) is 0 Å². The molecule has 228 valence electrons. The molecule has 4 aromatic carbocycles. The minimum Gasteiger partial charge on any atom is -0.744 e. The summed E-state index contributed by atoms with van der Waals surface area (Å²) < 4.78 is 40.7. The zero-order valence-corrected chi connectivity index (χ0v) is 28.6. The van der Waals surface area contributed by atoms with Crippen LogP contribution in [0.3, 0.4) is 0 Å². The van der Waals surface area contributed by atoms with Gasteiger partial charge >= 0.3 is 0 Å². The van der Waals surface area contributed by atoms with Crippen LogP contribution in [0.5, 0.6) is 5.75 Å². The molecule has 4 nitrogen and oxygen atoms in total. The molecule has 0 aliphatic carbocycles. The van der Waals surface area contributed by atoms with Gasteiger partial charge in [-0.3, -0.25) is 0 Å². The fourth-order valence-corrected chi connectivity index (χ4v) is 9.78. The third kappa shape index (κ3) is 6.43. The molecule has 0 saturated carbocycles. The average molecular weight is 617 g/mol. The molecule has 0 spiro atoms. The lowest BCUT2D eigenvalue weighted by atomic mass is 9.80. The fraction of sp³-hybridized carbons (Fsp3) is 0.351. The van der Waals surface area contributed by atoms with Crippen LogP contribution in [0, 0.1) is 27.7 Å². The van der Waals surface area contributed by atoms with E-state index in [-0.39, 0.29) is 28.4 Å². The van der Waals surface area contributed by atoms with Crippen molar-refractivity contribution < 1.29 is 18.1 Å². The van der Waals surface area contributed by atoms with Crippen molar-refractivity contribution in [2.24, 2.45) is 0 Å². The highest BCUT2D eigenvalue weighted by atomic mass is 32.2. The van der Waals surface area contributed by atoms with E-state index in [1.54, 1.807) is 0 Å². The van der Waals surface area contributed by atoms with Crippen molar-refractivity contribution in [2.45, 2.75) is 107 Å². The Balaban J connectivity index is 2.42. The second-order valence-corrected chi connectivity index (χ2v) is 15.9. The highest BCUT2D eigenvalue weighted by Crippen LogP contribution is 2.51. The van der Waals surface area contributed by atoms with Gasteiger partial charge in [-0.2, -0.15) is 0 Å². The van der Waals surface area contributed by atoms with Crippen LogP contribution in [0.2, 0.25) is 0 Å². The second-order valence-electron chi connectivity index (χ2n) is 12.6. The predicted molar refractivity (Wildman–Crippen MR) is 178 cm³/mol. The lowest BCUT2D eigenvalue weighted by molar-refractivity contribution is 0.461. The zero-order chi connectivity index (χ0) is 32.0. The molecule has 0 saturated heterocycles. The lowest BCUT2D eigenvalue weighted by Crippen LogP contribution is -2.20. The first kappa shape index (κ1) is 32.8. The Morgan fingerprint density at radius 1 is 0.651 bits per heavy atom. The van der Waals surface area contributed by atoms with Crippen molar-refractivity contribution in [3.63, 3.8) is 0 Å². The molecular weight excluding hydrogens is 573 g/mol. The first-order chi connectivity index (χ1) is 20.0. The summed E-state index contributed by atoms with van der Waals surface area (Å²) in [6, 6.07) is 20.5. The molecule has 0 aliphatic heterocycles. The van der Waals surface area contributed by atoms with E-state index in [0.29, 0.717) is 27.8 Å². The number of hydrogen-bond acceptors (Lipinski definition) is 4. The molecule has 4 aromatic rings. The van der Waals surface area contributed by atoms with E-state index in [2.05, 4.69) is 90.1 Å². The summed E-state index contributed by atoms with van der Waals surface area (Å²) in [5.41, 5.74) is 7.26. The van der Waals surface area contributed by atoms with Gasteiger partial charge in [-0.05, 0) is 110 Å². The summed E-state index contributed by atoms with van der Waals surface area (Å²) in [6.45, 7) is 20.1. The molecule has 43 heavy (non-hydrogen) atoms. The van der Waals surface area contributed by atoms with E-state index in [1.807, 2.05) is 39.8 Å². The third-order valence-electron chi connectivity index (χ3n) is 8.00. The predicted octanol–water partition coefficient (Wildman–Crippen LogP) is 9.66. The van der Waals surface area contributed by atoms with Gasteiger partial charge in [-0.1, -0.05) is 76.9 Å². The number of aromatic hydroxyl groups is 1. The van der Waals surface area contributed by atoms with Gasteiger partial charge in [0, 0.05) is 5.56 Å². The number of phenols is 1. The van der Waals surface area contributed by atoms with Gasteiger partial charge in [-0.15, -0.1) is 0 Å². The maximum absolute atomic E-state index is 13.6. The zero-order valence-electron chi connectivity index (χ0n) is 27.0. The van der Waals surface area contributed by atoms with E-state index >= 15 is 0 Å². The molecule has 4 rings (SSSR count). The van der Waals surface area contributed by atoms with Crippen LogP contribution < -0.4 is 0 Å².